The van der Waals surface area contributed by atoms with Crippen molar-refractivity contribution in [3.05, 3.63) is 133 Å². The number of aromatic nitrogens is 12. The first kappa shape index (κ1) is 24.4. The number of hydrazine groups is 1. The third-order valence-corrected chi connectivity index (χ3v) is 7.34. The van der Waals surface area contributed by atoms with Gasteiger partial charge in [0.1, 0.15) is 17.2 Å². The Morgan fingerprint density at radius 3 is 2.44 bits per heavy atom. The third-order valence-electron chi connectivity index (χ3n) is 7.34. The summed E-state index contributed by atoms with van der Waals surface area (Å²) in [7, 11) is 0. The Hall–Kier alpha value is -6.38. The molecule has 7 aromatic heterocycles. The van der Waals surface area contributed by atoms with E-state index in [0.717, 1.165) is 5.69 Å². The monoisotopic (exact) mass is 570 g/mol. The Bertz CT molecular complexity index is 1920. The topological polar surface area (TPSA) is 186 Å². The van der Waals surface area contributed by atoms with Crippen LogP contribution in [-0.2, 0) is 5.54 Å². The number of rotatable bonds is 7. The standard InChI is InChI=1S/C28H22N14O/c1-4-20(31-7-1)28(27-34-8-3-9-35-27)24(19-16-29-11-12-30-19)23(18-17-37-40-38-18)25(26-32-13-14-33-26)41(22-5-2-15-43-22)42(28)21-6-10-36-39-21/h1-17,24,31H,(H,32,33)(H,36,39)(H,37,38,40). The van der Waals surface area contributed by atoms with E-state index in [1.54, 1.807) is 68.1 Å². The summed E-state index contributed by atoms with van der Waals surface area (Å²) in [5.41, 5.74) is 1.98. The van der Waals surface area contributed by atoms with Crippen LogP contribution in [0, 0.1) is 0 Å². The van der Waals surface area contributed by atoms with E-state index in [1.165, 1.54) is 0 Å². The highest BCUT2D eigenvalue weighted by atomic mass is 16.4. The fourth-order valence-electron chi connectivity index (χ4n) is 5.83. The molecule has 2 atom stereocenters. The van der Waals surface area contributed by atoms with Gasteiger partial charge in [-0.2, -0.15) is 20.5 Å². The molecule has 0 amide bonds. The minimum absolute atomic E-state index is 0.457. The van der Waals surface area contributed by atoms with Crippen molar-refractivity contribution in [2.45, 2.75) is 11.5 Å². The second kappa shape index (κ2) is 9.91. The number of nitrogens with zero attached hydrogens (tertiary/aromatic N) is 10. The molecule has 0 saturated heterocycles. The van der Waals surface area contributed by atoms with Gasteiger partial charge >= 0.3 is 0 Å². The smallest absolute Gasteiger partial charge is 0.218 e. The molecular weight excluding hydrogens is 548 g/mol. The van der Waals surface area contributed by atoms with Crippen molar-refractivity contribution in [2.24, 2.45) is 0 Å². The van der Waals surface area contributed by atoms with Gasteiger partial charge in [-0.05, 0) is 24.3 Å². The van der Waals surface area contributed by atoms with Gasteiger partial charge in [-0.15, -0.1) is 0 Å². The lowest BCUT2D eigenvalue weighted by Crippen LogP contribution is -2.63. The van der Waals surface area contributed by atoms with Gasteiger partial charge in [0.25, 0.3) is 0 Å². The Morgan fingerprint density at radius 2 is 1.77 bits per heavy atom. The normalized spacial score (nSPS) is 18.8. The Labute approximate surface area is 242 Å². The van der Waals surface area contributed by atoms with E-state index < -0.39 is 11.5 Å². The molecule has 43 heavy (non-hydrogen) atoms. The fourth-order valence-corrected chi connectivity index (χ4v) is 5.83. The summed E-state index contributed by atoms with van der Waals surface area (Å²) in [5.74, 6) is 1.42. The molecule has 15 nitrogen and oxygen atoms in total. The zero-order valence-electron chi connectivity index (χ0n) is 22.3. The van der Waals surface area contributed by atoms with E-state index in [9.17, 15) is 0 Å². The average molecular weight is 571 g/mol. The molecule has 0 radical (unpaired) electrons. The molecule has 8 rings (SSSR count). The Balaban J connectivity index is 1.63. The number of hydrogen-bond acceptors (Lipinski definition) is 11. The highest BCUT2D eigenvalue weighted by Crippen LogP contribution is 2.59. The van der Waals surface area contributed by atoms with Crippen molar-refractivity contribution in [3.63, 3.8) is 0 Å². The molecule has 0 bridgehead atoms. The maximum Gasteiger partial charge on any atom is 0.218 e. The van der Waals surface area contributed by atoms with Crippen molar-refractivity contribution in [3.8, 4) is 0 Å². The zero-order chi connectivity index (χ0) is 28.6. The SMILES string of the molecule is c1cnc(C2(c3ccc[nH]3)C(c3cnccn3)C(c3cn[nH]n3)=C(c3ncc[nH]3)N(c3ccco3)N2c2ccn[nH]2)nc1. The number of imidazole rings is 1. The van der Waals surface area contributed by atoms with Crippen LogP contribution in [0.5, 0.6) is 0 Å². The van der Waals surface area contributed by atoms with E-state index in [4.69, 9.17) is 24.4 Å². The van der Waals surface area contributed by atoms with Crippen LogP contribution >= 0.6 is 0 Å². The number of aromatic amines is 4. The molecule has 7 aromatic rings. The van der Waals surface area contributed by atoms with Gasteiger partial charge in [0.15, 0.2) is 17.2 Å². The lowest BCUT2D eigenvalue weighted by Gasteiger charge is -2.55. The number of furan rings is 1. The van der Waals surface area contributed by atoms with Crippen molar-refractivity contribution in [1.29, 1.82) is 0 Å². The van der Waals surface area contributed by atoms with Crippen LogP contribution in [0.25, 0.3) is 11.3 Å². The molecule has 2 unspecified atom stereocenters. The molecule has 1 aliphatic rings. The van der Waals surface area contributed by atoms with Crippen molar-refractivity contribution >= 4 is 23.0 Å². The first-order chi connectivity index (χ1) is 21.4. The molecule has 1 aliphatic heterocycles. The summed E-state index contributed by atoms with van der Waals surface area (Å²) in [6, 6.07) is 11.2. The summed E-state index contributed by atoms with van der Waals surface area (Å²) in [4.78, 5) is 30.6. The second-order valence-corrected chi connectivity index (χ2v) is 9.56. The number of H-pyrrole nitrogens is 4. The van der Waals surface area contributed by atoms with Crippen LogP contribution in [0.4, 0.5) is 11.7 Å². The molecule has 0 fully saturated rings. The van der Waals surface area contributed by atoms with E-state index >= 15 is 0 Å². The van der Waals surface area contributed by atoms with Gasteiger partial charge in [0, 0.05) is 67.3 Å². The van der Waals surface area contributed by atoms with Crippen LogP contribution in [-0.4, -0.2) is 60.5 Å². The van der Waals surface area contributed by atoms with Gasteiger partial charge in [0.05, 0.1) is 36.0 Å². The average Bonchev–Trinajstić information content (AvgIpc) is 3.90. The Morgan fingerprint density at radius 1 is 0.814 bits per heavy atom. The molecule has 4 N–H and O–H groups in total. The Kier molecular flexibility index (Phi) is 5.63. The zero-order valence-corrected chi connectivity index (χ0v) is 22.3. The van der Waals surface area contributed by atoms with Crippen molar-refractivity contribution < 1.29 is 4.42 Å². The predicted octanol–water partition coefficient (Wildman–Crippen LogP) is 3.29. The lowest BCUT2D eigenvalue weighted by atomic mass is 9.70. The number of anilines is 2. The molecular formula is C28H22N14O. The summed E-state index contributed by atoms with van der Waals surface area (Å²) in [6.07, 6.45) is 18.7. The minimum atomic E-state index is -1.27. The van der Waals surface area contributed by atoms with Gasteiger partial charge in [0.2, 0.25) is 5.88 Å². The fraction of sp³-hybridized carbons (Fsp3) is 0.0714. The molecule has 0 saturated carbocycles. The first-order valence-corrected chi connectivity index (χ1v) is 13.3. The van der Waals surface area contributed by atoms with Crippen LogP contribution in [0.3, 0.4) is 0 Å². The predicted molar refractivity (Wildman–Crippen MR) is 152 cm³/mol. The molecule has 0 spiro atoms. The highest BCUT2D eigenvalue weighted by Gasteiger charge is 2.61. The summed E-state index contributed by atoms with van der Waals surface area (Å²) in [5, 5.41) is 23.0. The summed E-state index contributed by atoms with van der Waals surface area (Å²) < 4.78 is 6.13. The molecule has 0 aromatic carbocycles. The summed E-state index contributed by atoms with van der Waals surface area (Å²) >= 11 is 0. The first-order valence-electron chi connectivity index (χ1n) is 13.3. The van der Waals surface area contributed by atoms with Gasteiger partial charge in [-0.1, -0.05) is 0 Å². The molecule has 0 aliphatic carbocycles. The maximum absolute atomic E-state index is 6.13. The van der Waals surface area contributed by atoms with E-state index in [2.05, 4.69) is 40.6 Å². The van der Waals surface area contributed by atoms with E-state index in [1.807, 2.05) is 46.5 Å². The second-order valence-electron chi connectivity index (χ2n) is 9.56. The number of nitrogens with one attached hydrogen (secondary N) is 4. The molecule has 15 heteroatoms. The quantitative estimate of drug-likeness (QED) is 0.220. The highest BCUT2D eigenvalue weighted by molar-refractivity contribution is 6.01. The minimum Gasteiger partial charge on any atom is -0.447 e. The van der Waals surface area contributed by atoms with Crippen molar-refractivity contribution in [2.75, 3.05) is 10.0 Å². The van der Waals surface area contributed by atoms with Gasteiger partial charge in [-0.25, -0.2) is 25.0 Å². The number of hydrogen-bond donors (Lipinski definition) is 4. The van der Waals surface area contributed by atoms with Gasteiger partial charge < -0.3 is 14.4 Å². The largest absolute Gasteiger partial charge is 0.447 e. The van der Waals surface area contributed by atoms with Crippen molar-refractivity contribution in [1.82, 2.24) is 60.5 Å². The lowest BCUT2D eigenvalue weighted by molar-refractivity contribution is 0.376. The van der Waals surface area contributed by atoms with Crippen LogP contribution < -0.4 is 10.0 Å². The van der Waals surface area contributed by atoms with E-state index in [0.29, 0.717) is 46.0 Å². The maximum atomic E-state index is 6.13. The third kappa shape index (κ3) is 3.68. The van der Waals surface area contributed by atoms with E-state index in [-0.39, 0.29) is 0 Å². The van der Waals surface area contributed by atoms with Crippen LogP contribution in [0.15, 0.2) is 109 Å². The molecule has 210 valence electrons. The van der Waals surface area contributed by atoms with Crippen LogP contribution in [0.2, 0.25) is 0 Å². The van der Waals surface area contributed by atoms with Crippen LogP contribution in [0.1, 0.15) is 34.6 Å². The van der Waals surface area contributed by atoms with Gasteiger partial charge in [-0.3, -0.25) is 15.1 Å². The summed E-state index contributed by atoms with van der Waals surface area (Å²) in [6.45, 7) is 0. The molecule has 8 heterocycles.